The summed E-state index contributed by atoms with van der Waals surface area (Å²) in [4.78, 5) is 9.37. The topological polar surface area (TPSA) is 48.8 Å². The molecule has 124 valence electrons. The van der Waals surface area contributed by atoms with Crippen molar-refractivity contribution in [3.05, 3.63) is 36.0 Å². The van der Waals surface area contributed by atoms with Gasteiger partial charge in [-0.1, -0.05) is 18.2 Å². The highest BCUT2D eigenvalue weighted by atomic mass is 16.5. The number of fused-ring (bicyclic) bond motifs is 1. The summed E-state index contributed by atoms with van der Waals surface area (Å²) >= 11 is 0. The third kappa shape index (κ3) is 3.99. The van der Waals surface area contributed by atoms with Crippen molar-refractivity contribution < 1.29 is 9.84 Å². The first kappa shape index (κ1) is 16.2. The predicted octanol–water partition coefficient (Wildman–Crippen LogP) is 2.09. The molecule has 2 aromatic rings. The fourth-order valence-corrected chi connectivity index (χ4v) is 3.19. The Kier molecular flexibility index (Phi) is 5.10. The van der Waals surface area contributed by atoms with E-state index in [1.54, 1.807) is 6.07 Å². The zero-order chi connectivity index (χ0) is 16.2. The smallest absolute Gasteiger partial charge is 0.141 e. The molecule has 3 rings (SSSR count). The van der Waals surface area contributed by atoms with E-state index in [0.717, 1.165) is 50.5 Å². The minimum Gasteiger partial charge on any atom is -0.506 e. The van der Waals surface area contributed by atoms with Crippen LogP contribution in [0.3, 0.4) is 0 Å². The van der Waals surface area contributed by atoms with E-state index in [1.807, 2.05) is 24.3 Å². The normalized spacial score (nSPS) is 17.7. The van der Waals surface area contributed by atoms with Crippen LogP contribution in [-0.4, -0.2) is 65.8 Å². The Hall–Kier alpha value is -1.69. The van der Waals surface area contributed by atoms with E-state index < -0.39 is 0 Å². The largest absolute Gasteiger partial charge is 0.506 e. The molecule has 0 aliphatic carbocycles. The van der Waals surface area contributed by atoms with Crippen molar-refractivity contribution >= 4 is 10.9 Å². The molecule has 2 heterocycles. The minimum atomic E-state index is 0.244. The van der Waals surface area contributed by atoms with Crippen LogP contribution in [-0.2, 0) is 11.3 Å². The maximum atomic E-state index is 9.95. The first-order chi connectivity index (χ1) is 11.1. The van der Waals surface area contributed by atoms with Crippen LogP contribution in [0.1, 0.15) is 12.6 Å². The minimum absolute atomic E-state index is 0.244. The van der Waals surface area contributed by atoms with E-state index in [0.29, 0.717) is 11.6 Å². The van der Waals surface area contributed by atoms with Gasteiger partial charge in [-0.2, -0.15) is 0 Å². The van der Waals surface area contributed by atoms with Crippen LogP contribution in [0.25, 0.3) is 10.9 Å². The second kappa shape index (κ2) is 7.25. The number of phenols is 1. The standard InChI is InChI=1S/C18H25N3O2/c1-14(21-8-10-23-11-9-21)12-20(2)13-16-7-6-15-4-3-5-17(22)18(15)19-16/h3-7,14,22H,8-13H2,1-2H3. The lowest BCUT2D eigenvalue weighted by atomic mass is 10.2. The Balaban J connectivity index is 1.63. The average Bonchev–Trinajstić information content (AvgIpc) is 2.56. The molecule has 5 nitrogen and oxygen atoms in total. The van der Waals surface area contributed by atoms with Gasteiger partial charge in [-0.05, 0) is 26.1 Å². The lowest BCUT2D eigenvalue weighted by molar-refractivity contribution is 0.0136. The van der Waals surface area contributed by atoms with Gasteiger partial charge in [0.25, 0.3) is 0 Å². The molecule has 1 fully saturated rings. The van der Waals surface area contributed by atoms with Crippen molar-refractivity contribution in [2.24, 2.45) is 0 Å². The predicted molar refractivity (Wildman–Crippen MR) is 91.6 cm³/mol. The Morgan fingerprint density at radius 3 is 2.83 bits per heavy atom. The Morgan fingerprint density at radius 2 is 2.04 bits per heavy atom. The first-order valence-electron chi connectivity index (χ1n) is 8.21. The fourth-order valence-electron chi connectivity index (χ4n) is 3.19. The number of rotatable bonds is 5. The zero-order valence-corrected chi connectivity index (χ0v) is 13.9. The van der Waals surface area contributed by atoms with E-state index in [9.17, 15) is 5.11 Å². The molecular formula is C18H25N3O2. The number of aromatic nitrogens is 1. The van der Waals surface area contributed by atoms with Gasteiger partial charge in [0.1, 0.15) is 11.3 Å². The molecule has 0 spiro atoms. The summed E-state index contributed by atoms with van der Waals surface area (Å²) in [5.41, 5.74) is 1.66. The second-order valence-corrected chi connectivity index (χ2v) is 6.35. The number of morpholine rings is 1. The second-order valence-electron chi connectivity index (χ2n) is 6.35. The molecule has 1 aliphatic heterocycles. The Bertz CT molecular complexity index is 656. The quantitative estimate of drug-likeness (QED) is 0.915. The number of para-hydroxylation sites is 1. The Morgan fingerprint density at radius 1 is 1.26 bits per heavy atom. The highest BCUT2D eigenvalue weighted by molar-refractivity contribution is 5.84. The van der Waals surface area contributed by atoms with Crippen molar-refractivity contribution in [3.63, 3.8) is 0 Å². The molecule has 23 heavy (non-hydrogen) atoms. The molecule has 1 aromatic carbocycles. The van der Waals surface area contributed by atoms with Crippen LogP contribution in [0.15, 0.2) is 30.3 Å². The van der Waals surface area contributed by atoms with Crippen LogP contribution in [0.5, 0.6) is 5.75 Å². The van der Waals surface area contributed by atoms with E-state index in [-0.39, 0.29) is 5.75 Å². The van der Waals surface area contributed by atoms with Crippen molar-refractivity contribution in [2.75, 3.05) is 39.9 Å². The number of hydrogen-bond acceptors (Lipinski definition) is 5. The summed E-state index contributed by atoms with van der Waals surface area (Å²) in [6.07, 6.45) is 0. The molecule has 1 unspecified atom stereocenters. The highest BCUT2D eigenvalue weighted by Gasteiger charge is 2.18. The summed E-state index contributed by atoms with van der Waals surface area (Å²) in [7, 11) is 2.12. The SMILES string of the molecule is CC(CN(C)Cc1ccc2cccc(O)c2n1)N1CCOCC1. The number of pyridine rings is 1. The Labute approximate surface area is 137 Å². The number of aromatic hydroxyl groups is 1. The lowest BCUT2D eigenvalue weighted by Crippen LogP contribution is -2.46. The molecule has 0 amide bonds. The lowest BCUT2D eigenvalue weighted by Gasteiger charge is -2.34. The van der Waals surface area contributed by atoms with Crippen LogP contribution < -0.4 is 0 Å². The van der Waals surface area contributed by atoms with Gasteiger partial charge < -0.3 is 9.84 Å². The maximum Gasteiger partial charge on any atom is 0.141 e. The number of benzene rings is 1. The number of ether oxygens (including phenoxy) is 1. The number of likely N-dealkylation sites (N-methyl/N-ethyl adjacent to an activating group) is 1. The molecule has 0 bridgehead atoms. The van der Waals surface area contributed by atoms with Gasteiger partial charge in [0.05, 0.1) is 18.9 Å². The molecule has 0 saturated carbocycles. The van der Waals surface area contributed by atoms with Gasteiger partial charge in [-0.3, -0.25) is 9.80 Å². The van der Waals surface area contributed by atoms with Gasteiger partial charge in [0.2, 0.25) is 0 Å². The summed E-state index contributed by atoms with van der Waals surface area (Å²) < 4.78 is 5.41. The molecule has 1 saturated heterocycles. The third-order valence-electron chi connectivity index (χ3n) is 4.43. The molecule has 1 atom stereocenters. The molecule has 5 heteroatoms. The fraction of sp³-hybridized carbons (Fsp3) is 0.500. The van der Waals surface area contributed by atoms with E-state index in [2.05, 4.69) is 28.8 Å². The van der Waals surface area contributed by atoms with Crippen molar-refractivity contribution in [2.45, 2.75) is 19.5 Å². The first-order valence-corrected chi connectivity index (χ1v) is 8.21. The van der Waals surface area contributed by atoms with Crippen molar-refractivity contribution in [3.8, 4) is 5.75 Å². The van der Waals surface area contributed by atoms with E-state index in [1.165, 1.54) is 0 Å². The van der Waals surface area contributed by atoms with Gasteiger partial charge in [-0.25, -0.2) is 4.98 Å². The summed E-state index contributed by atoms with van der Waals surface area (Å²) in [6, 6.07) is 10.1. The maximum absolute atomic E-state index is 9.95. The average molecular weight is 315 g/mol. The van der Waals surface area contributed by atoms with Gasteiger partial charge >= 0.3 is 0 Å². The van der Waals surface area contributed by atoms with Crippen molar-refractivity contribution in [1.82, 2.24) is 14.8 Å². The highest BCUT2D eigenvalue weighted by Crippen LogP contribution is 2.22. The van der Waals surface area contributed by atoms with Crippen molar-refractivity contribution in [1.29, 1.82) is 0 Å². The van der Waals surface area contributed by atoms with E-state index in [4.69, 9.17) is 4.74 Å². The molecule has 1 N–H and O–H groups in total. The van der Waals surface area contributed by atoms with E-state index >= 15 is 0 Å². The number of nitrogens with zero attached hydrogens (tertiary/aromatic N) is 3. The molecule has 1 aromatic heterocycles. The van der Waals surface area contributed by atoms with Gasteiger partial charge in [-0.15, -0.1) is 0 Å². The van der Waals surface area contributed by atoms with Crippen LogP contribution in [0, 0.1) is 0 Å². The summed E-state index contributed by atoms with van der Waals surface area (Å²) in [5.74, 6) is 0.244. The molecule has 1 aliphatic rings. The monoisotopic (exact) mass is 315 g/mol. The zero-order valence-electron chi connectivity index (χ0n) is 13.9. The van der Waals surface area contributed by atoms with Gasteiger partial charge in [0.15, 0.2) is 0 Å². The summed E-state index contributed by atoms with van der Waals surface area (Å²) in [5, 5.41) is 10.9. The number of phenolic OH excluding ortho intramolecular Hbond substituents is 1. The van der Waals surface area contributed by atoms with Crippen LogP contribution in [0.4, 0.5) is 0 Å². The van der Waals surface area contributed by atoms with Gasteiger partial charge in [0, 0.05) is 37.6 Å². The van der Waals surface area contributed by atoms with Crippen LogP contribution >= 0.6 is 0 Å². The third-order valence-corrected chi connectivity index (χ3v) is 4.43. The number of hydrogen-bond donors (Lipinski definition) is 1. The summed E-state index contributed by atoms with van der Waals surface area (Å²) in [6.45, 7) is 7.72. The molecule has 0 radical (unpaired) electrons. The van der Waals surface area contributed by atoms with Crippen LogP contribution in [0.2, 0.25) is 0 Å². The molecular weight excluding hydrogens is 290 g/mol.